The van der Waals surface area contributed by atoms with E-state index in [1.807, 2.05) is 6.07 Å². The lowest BCUT2D eigenvalue weighted by Crippen LogP contribution is -2.39. The van der Waals surface area contributed by atoms with Crippen LogP contribution in [0.15, 0.2) is 41.5 Å². The van der Waals surface area contributed by atoms with Crippen molar-refractivity contribution in [3.05, 3.63) is 64.4 Å². The third-order valence-corrected chi connectivity index (χ3v) is 3.66. The van der Waals surface area contributed by atoms with Crippen LogP contribution in [0.25, 0.3) is 0 Å². The molecule has 0 fully saturated rings. The molecule has 1 aromatic heterocycles. The van der Waals surface area contributed by atoms with Gasteiger partial charge in [-0.05, 0) is 36.1 Å². The summed E-state index contributed by atoms with van der Waals surface area (Å²) in [5, 5.41) is 6.69. The first-order chi connectivity index (χ1) is 11.6. The highest BCUT2D eigenvalue weighted by Gasteiger charge is 2.07. The van der Waals surface area contributed by atoms with E-state index in [2.05, 4.69) is 20.6 Å². The maximum Gasteiger partial charge on any atom is 0.190 e. The molecule has 7 heteroatoms. The monoisotopic (exact) mass is 352 g/mol. The van der Waals surface area contributed by atoms with Crippen LogP contribution in [-0.2, 0) is 12.8 Å². The number of benzene rings is 1. The number of nitrogens with zero attached hydrogens (tertiary/aromatic N) is 2. The Labute approximate surface area is 145 Å². The first-order valence-electron chi connectivity index (χ1n) is 7.58. The zero-order chi connectivity index (χ0) is 17.4. The number of halogens is 3. The largest absolute Gasteiger partial charge is 0.356 e. The van der Waals surface area contributed by atoms with Gasteiger partial charge in [0, 0.05) is 26.3 Å². The van der Waals surface area contributed by atoms with Crippen LogP contribution in [0.5, 0.6) is 0 Å². The zero-order valence-electron chi connectivity index (χ0n) is 13.3. The van der Waals surface area contributed by atoms with Gasteiger partial charge in [-0.2, -0.15) is 0 Å². The minimum absolute atomic E-state index is 0.338. The Hall–Kier alpha value is -2.21. The van der Waals surface area contributed by atoms with Gasteiger partial charge < -0.3 is 10.6 Å². The van der Waals surface area contributed by atoms with Crippen molar-refractivity contribution in [2.75, 3.05) is 20.1 Å². The molecule has 1 aromatic carbocycles. The summed E-state index contributed by atoms with van der Waals surface area (Å²) < 4.78 is 26.7. The summed E-state index contributed by atoms with van der Waals surface area (Å²) in [5.74, 6) is -1.02. The molecule has 1 heterocycles. The van der Waals surface area contributed by atoms with Gasteiger partial charge in [-0.1, -0.05) is 29.8 Å². The number of rotatable bonds is 6. The van der Waals surface area contributed by atoms with Crippen molar-refractivity contribution in [3.8, 4) is 0 Å². The van der Waals surface area contributed by atoms with Crippen molar-refractivity contribution < 1.29 is 8.78 Å². The minimum atomic E-state index is -0.827. The van der Waals surface area contributed by atoms with Crippen LogP contribution >= 0.6 is 11.6 Å². The van der Waals surface area contributed by atoms with Gasteiger partial charge >= 0.3 is 0 Å². The van der Waals surface area contributed by atoms with E-state index < -0.39 is 11.6 Å². The Morgan fingerprint density at radius 1 is 1.12 bits per heavy atom. The number of guanidine groups is 1. The summed E-state index contributed by atoms with van der Waals surface area (Å²) in [6.07, 6.45) is 2.86. The van der Waals surface area contributed by atoms with E-state index in [9.17, 15) is 8.78 Å². The summed E-state index contributed by atoms with van der Waals surface area (Å²) in [4.78, 5) is 8.12. The lowest BCUT2D eigenvalue weighted by Gasteiger charge is -2.12. The summed E-state index contributed by atoms with van der Waals surface area (Å²) in [7, 11) is 1.65. The highest BCUT2D eigenvalue weighted by atomic mass is 35.5. The second-order valence-electron chi connectivity index (χ2n) is 5.13. The molecule has 0 amide bonds. The van der Waals surface area contributed by atoms with E-state index in [-0.39, 0.29) is 0 Å². The molecular weight excluding hydrogens is 334 g/mol. The fraction of sp³-hybridized carbons (Fsp3) is 0.294. The SMILES string of the molecule is CN=C(NCCc1ccc(Cl)nc1)NCCc1cccc(F)c1F. The van der Waals surface area contributed by atoms with Gasteiger partial charge in [0.15, 0.2) is 17.6 Å². The predicted octanol–water partition coefficient (Wildman–Crippen LogP) is 2.96. The Morgan fingerprint density at radius 2 is 1.88 bits per heavy atom. The molecule has 0 saturated carbocycles. The van der Waals surface area contributed by atoms with E-state index in [1.54, 1.807) is 25.4 Å². The molecule has 24 heavy (non-hydrogen) atoms. The quantitative estimate of drug-likeness (QED) is 0.477. The second kappa shape index (κ2) is 9.17. The van der Waals surface area contributed by atoms with Gasteiger partial charge in [-0.3, -0.25) is 4.99 Å². The zero-order valence-corrected chi connectivity index (χ0v) is 14.1. The fourth-order valence-electron chi connectivity index (χ4n) is 2.16. The van der Waals surface area contributed by atoms with Gasteiger partial charge in [0.25, 0.3) is 0 Å². The molecule has 128 valence electrons. The fourth-order valence-corrected chi connectivity index (χ4v) is 2.27. The van der Waals surface area contributed by atoms with E-state index in [0.717, 1.165) is 18.1 Å². The van der Waals surface area contributed by atoms with E-state index in [0.29, 0.717) is 36.2 Å². The topological polar surface area (TPSA) is 49.3 Å². The van der Waals surface area contributed by atoms with Crippen LogP contribution in [0, 0.1) is 11.6 Å². The average molecular weight is 353 g/mol. The maximum atomic E-state index is 13.6. The average Bonchev–Trinajstić information content (AvgIpc) is 2.59. The molecule has 0 aliphatic heterocycles. The van der Waals surface area contributed by atoms with Crippen molar-refractivity contribution in [2.45, 2.75) is 12.8 Å². The molecule has 2 aromatic rings. The van der Waals surface area contributed by atoms with Crippen LogP contribution in [0.2, 0.25) is 5.15 Å². The molecule has 4 nitrogen and oxygen atoms in total. The third-order valence-electron chi connectivity index (χ3n) is 3.44. The van der Waals surface area contributed by atoms with Gasteiger partial charge in [-0.15, -0.1) is 0 Å². The number of hydrogen-bond acceptors (Lipinski definition) is 2. The highest BCUT2D eigenvalue weighted by Crippen LogP contribution is 2.11. The van der Waals surface area contributed by atoms with Crippen LogP contribution in [0.4, 0.5) is 8.78 Å². The Morgan fingerprint density at radius 3 is 2.54 bits per heavy atom. The molecule has 0 bridgehead atoms. The maximum absolute atomic E-state index is 13.6. The van der Waals surface area contributed by atoms with Crippen molar-refractivity contribution in [1.29, 1.82) is 0 Å². The van der Waals surface area contributed by atoms with E-state index >= 15 is 0 Å². The molecule has 0 atom stereocenters. The normalized spacial score (nSPS) is 11.4. The van der Waals surface area contributed by atoms with Gasteiger partial charge in [0.1, 0.15) is 5.15 Å². The lowest BCUT2D eigenvalue weighted by molar-refractivity contribution is 0.498. The van der Waals surface area contributed by atoms with Crippen LogP contribution in [-0.4, -0.2) is 31.1 Å². The summed E-state index contributed by atoms with van der Waals surface area (Å²) in [6, 6.07) is 7.85. The molecule has 0 saturated heterocycles. The standard InChI is InChI=1S/C17H19ClF2N4/c1-21-17(22-9-7-12-5-6-15(18)24-11-12)23-10-8-13-3-2-4-14(19)16(13)20/h2-6,11H,7-10H2,1H3,(H2,21,22,23). The van der Waals surface area contributed by atoms with Crippen molar-refractivity contribution >= 4 is 17.6 Å². The molecule has 2 rings (SSSR count). The number of aromatic nitrogens is 1. The van der Waals surface area contributed by atoms with Gasteiger partial charge in [-0.25, -0.2) is 13.8 Å². The third kappa shape index (κ3) is 5.45. The molecule has 0 radical (unpaired) electrons. The first kappa shape index (κ1) is 18.1. The predicted molar refractivity (Wildman–Crippen MR) is 92.4 cm³/mol. The van der Waals surface area contributed by atoms with Crippen molar-refractivity contribution in [1.82, 2.24) is 15.6 Å². The van der Waals surface area contributed by atoms with Crippen LogP contribution in [0.3, 0.4) is 0 Å². The van der Waals surface area contributed by atoms with Crippen molar-refractivity contribution in [2.24, 2.45) is 4.99 Å². The summed E-state index contributed by atoms with van der Waals surface area (Å²) in [5.41, 5.74) is 1.40. The van der Waals surface area contributed by atoms with Gasteiger partial charge in [0.2, 0.25) is 0 Å². The molecule has 0 unspecified atom stereocenters. The smallest absolute Gasteiger partial charge is 0.190 e. The van der Waals surface area contributed by atoms with E-state index in [1.165, 1.54) is 6.07 Å². The summed E-state index contributed by atoms with van der Waals surface area (Å²) >= 11 is 5.74. The van der Waals surface area contributed by atoms with E-state index in [4.69, 9.17) is 11.6 Å². The van der Waals surface area contributed by atoms with Gasteiger partial charge in [0.05, 0.1) is 0 Å². The number of aliphatic imine (C=N–C) groups is 1. The van der Waals surface area contributed by atoms with Crippen LogP contribution < -0.4 is 10.6 Å². The lowest BCUT2D eigenvalue weighted by atomic mass is 10.1. The minimum Gasteiger partial charge on any atom is -0.356 e. The Kier molecular flexibility index (Phi) is 6.93. The number of hydrogen-bond donors (Lipinski definition) is 2. The highest BCUT2D eigenvalue weighted by molar-refractivity contribution is 6.29. The molecule has 0 aliphatic rings. The van der Waals surface area contributed by atoms with Crippen LogP contribution in [0.1, 0.15) is 11.1 Å². The molecule has 0 aliphatic carbocycles. The molecule has 0 spiro atoms. The number of pyridine rings is 1. The number of nitrogens with one attached hydrogen (secondary N) is 2. The molecule has 2 N–H and O–H groups in total. The molecular formula is C17H19ClF2N4. The Bertz CT molecular complexity index is 689. The van der Waals surface area contributed by atoms with Crippen molar-refractivity contribution in [3.63, 3.8) is 0 Å². The summed E-state index contributed by atoms with van der Waals surface area (Å²) in [6.45, 7) is 1.11. The Balaban J connectivity index is 1.74. The first-order valence-corrected chi connectivity index (χ1v) is 7.96. The second-order valence-corrected chi connectivity index (χ2v) is 5.52.